The molecular formula is C13H13FN4O. The molecule has 0 spiro atoms. The number of carbonyl (C=O) groups is 1. The fraction of sp³-hybridized carbons (Fsp3) is 0.0769. The number of hydrogen-bond acceptors (Lipinski definition) is 4. The minimum atomic E-state index is -0.308. The molecule has 0 saturated heterocycles. The van der Waals surface area contributed by atoms with E-state index in [9.17, 15) is 9.18 Å². The summed E-state index contributed by atoms with van der Waals surface area (Å²) in [5, 5.41) is 2.71. The number of rotatable bonds is 4. The quantitative estimate of drug-likeness (QED) is 0.574. The highest BCUT2D eigenvalue weighted by atomic mass is 19.1. The predicted molar refractivity (Wildman–Crippen MR) is 69.6 cm³/mol. The molecule has 0 fully saturated rings. The molecule has 19 heavy (non-hydrogen) atoms. The number of nitrogens with one attached hydrogen (secondary N) is 2. The number of benzene rings is 1. The van der Waals surface area contributed by atoms with E-state index in [1.165, 1.54) is 24.5 Å². The summed E-state index contributed by atoms with van der Waals surface area (Å²) in [7, 11) is 0. The van der Waals surface area contributed by atoms with Crippen LogP contribution in [0.5, 0.6) is 0 Å². The Kier molecular flexibility index (Phi) is 4.04. The van der Waals surface area contributed by atoms with Gasteiger partial charge in [-0.1, -0.05) is 12.1 Å². The third kappa shape index (κ3) is 3.26. The summed E-state index contributed by atoms with van der Waals surface area (Å²) >= 11 is 0. The highest BCUT2D eigenvalue weighted by molar-refractivity contribution is 5.99. The maximum absolute atomic E-state index is 12.7. The van der Waals surface area contributed by atoms with Gasteiger partial charge in [-0.3, -0.25) is 15.6 Å². The minimum absolute atomic E-state index is 0.301. The van der Waals surface area contributed by atoms with Gasteiger partial charge in [0.25, 0.3) is 5.91 Å². The summed E-state index contributed by atoms with van der Waals surface area (Å²) in [4.78, 5) is 15.8. The molecule has 2 rings (SSSR count). The van der Waals surface area contributed by atoms with Crippen molar-refractivity contribution in [3.05, 3.63) is 59.7 Å². The Morgan fingerprint density at radius 1 is 1.26 bits per heavy atom. The maximum atomic E-state index is 12.7. The number of amides is 1. The number of nitrogen functional groups attached to an aromatic ring is 1. The Labute approximate surface area is 109 Å². The van der Waals surface area contributed by atoms with Gasteiger partial charge >= 0.3 is 0 Å². The van der Waals surface area contributed by atoms with Gasteiger partial charge in [-0.2, -0.15) is 0 Å². The summed E-state index contributed by atoms with van der Waals surface area (Å²) in [6, 6.07) is 7.52. The van der Waals surface area contributed by atoms with Crippen LogP contribution in [-0.2, 0) is 6.54 Å². The molecule has 0 aliphatic heterocycles. The molecule has 2 aromatic rings. The van der Waals surface area contributed by atoms with Gasteiger partial charge in [-0.05, 0) is 23.8 Å². The molecule has 0 radical (unpaired) electrons. The van der Waals surface area contributed by atoms with E-state index in [1.807, 2.05) is 0 Å². The lowest BCUT2D eigenvalue weighted by molar-refractivity contribution is 0.0951. The molecule has 5 nitrogen and oxygen atoms in total. The molecule has 0 aliphatic rings. The second-order valence-electron chi connectivity index (χ2n) is 3.87. The highest BCUT2D eigenvalue weighted by Gasteiger charge is 2.10. The van der Waals surface area contributed by atoms with Gasteiger partial charge in [0, 0.05) is 18.9 Å². The third-order valence-corrected chi connectivity index (χ3v) is 2.59. The van der Waals surface area contributed by atoms with E-state index in [1.54, 1.807) is 18.2 Å². The lowest BCUT2D eigenvalue weighted by Gasteiger charge is -2.09. The van der Waals surface area contributed by atoms with Crippen LogP contribution in [0.1, 0.15) is 15.9 Å². The van der Waals surface area contributed by atoms with Crippen molar-refractivity contribution in [1.29, 1.82) is 0 Å². The fourth-order valence-corrected chi connectivity index (χ4v) is 1.58. The molecule has 0 aliphatic carbocycles. The first kappa shape index (κ1) is 13.0. The van der Waals surface area contributed by atoms with E-state index in [4.69, 9.17) is 5.84 Å². The average molecular weight is 260 g/mol. The van der Waals surface area contributed by atoms with Crippen LogP contribution < -0.4 is 16.6 Å². The predicted octanol–water partition coefficient (Wildman–Crippen LogP) is 1.44. The molecule has 98 valence electrons. The Hall–Kier alpha value is -2.47. The molecule has 1 heterocycles. The van der Waals surface area contributed by atoms with Crippen LogP contribution in [0.15, 0.2) is 42.7 Å². The summed E-state index contributed by atoms with van der Waals surface area (Å²) in [5.41, 5.74) is 4.08. The number of nitrogens with two attached hydrogens (primary N) is 1. The maximum Gasteiger partial charge on any atom is 0.255 e. The Morgan fingerprint density at radius 2 is 2.00 bits per heavy atom. The number of anilines is 1. The van der Waals surface area contributed by atoms with Crippen LogP contribution in [0.2, 0.25) is 0 Å². The van der Waals surface area contributed by atoms with E-state index in [0.29, 0.717) is 17.8 Å². The van der Waals surface area contributed by atoms with Gasteiger partial charge in [0.05, 0.1) is 11.3 Å². The summed E-state index contributed by atoms with van der Waals surface area (Å²) in [6.07, 6.45) is 2.96. The largest absolute Gasteiger partial charge is 0.348 e. The van der Waals surface area contributed by atoms with Crippen molar-refractivity contribution in [2.45, 2.75) is 6.54 Å². The Bertz CT molecular complexity index is 571. The average Bonchev–Trinajstić information content (AvgIpc) is 2.46. The van der Waals surface area contributed by atoms with Gasteiger partial charge in [0.15, 0.2) is 0 Å². The second kappa shape index (κ2) is 5.92. The molecule has 1 amide bonds. The van der Waals surface area contributed by atoms with Crippen LogP contribution in [0, 0.1) is 5.82 Å². The normalized spacial score (nSPS) is 10.0. The number of halogens is 1. The van der Waals surface area contributed by atoms with Crippen molar-refractivity contribution in [3.63, 3.8) is 0 Å². The lowest BCUT2D eigenvalue weighted by atomic mass is 10.2. The topological polar surface area (TPSA) is 80.0 Å². The van der Waals surface area contributed by atoms with Crippen LogP contribution >= 0.6 is 0 Å². The molecular weight excluding hydrogens is 247 g/mol. The first-order valence-corrected chi connectivity index (χ1v) is 5.64. The van der Waals surface area contributed by atoms with Gasteiger partial charge in [0.2, 0.25) is 0 Å². The number of pyridine rings is 1. The molecule has 0 bridgehead atoms. The zero-order valence-corrected chi connectivity index (χ0v) is 10.1. The van der Waals surface area contributed by atoms with E-state index >= 15 is 0 Å². The van der Waals surface area contributed by atoms with Gasteiger partial charge in [-0.25, -0.2) is 4.39 Å². The third-order valence-electron chi connectivity index (χ3n) is 2.59. The van der Waals surface area contributed by atoms with E-state index in [-0.39, 0.29) is 11.7 Å². The zero-order chi connectivity index (χ0) is 13.7. The highest BCUT2D eigenvalue weighted by Crippen LogP contribution is 2.11. The minimum Gasteiger partial charge on any atom is -0.348 e. The number of hydrogen-bond donors (Lipinski definition) is 3. The molecule has 1 aromatic carbocycles. The standard InChI is InChI=1S/C13H13FN4O/c14-10-3-1-9(2-4-10)7-17-13(19)11-8-16-6-5-12(11)18-15/h1-6,8H,7,15H2,(H,16,18)(H,17,19). The van der Waals surface area contributed by atoms with E-state index in [2.05, 4.69) is 15.7 Å². The van der Waals surface area contributed by atoms with Crippen LogP contribution in [-0.4, -0.2) is 10.9 Å². The summed E-state index contributed by atoms with van der Waals surface area (Å²) in [5.74, 6) is 4.70. The fourth-order valence-electron chi connectivity index (χ4n) is 1.58. The number of carbonyl (C=O) groups excluding carboxylic acids is 1. The molecule has 0 unspecified atom stereocenters. The monoisotopic (exact) mass is 260 g/mol. The second-order valence-corrected chi connectivity index (χ2v) is 3.87. The summed E-state index contributed by atoms with van der Waals surface area (Å²) in [6.45, 7) is 0.304. The van der Waals surface area contributed by atoms with Crippen LogP contribution in [0.25, 0.3) is 0 Å². The smallest absolute Gasteiger partial charge is 0.255 e. The zero-order valence-electron chi connectivity index (χ0n) is 10.1. The molecule has 0 atom stereocenters. The first-order valence-electron chi connectivity index (χ1n) is 5.64. The first-order chi connectivity index (χ1) is 9.20. The van der Waals surface area contributed by atoms with Crippen molar-refractivity contribution in [1.82, 2.24) is 10.3 Å². The van der Waals surface area contributed by atoms with E-state index in [0.717, 1.165) is 5.56 Å². The lowest BCUT2D eigenvalue weighted by Crippen LogP contribution is -2.25. The molecule has 0 saturated carbocycles. The van der Waals surface area contributed by atoms with Crippen molar-refractivity contribution < 1.29 is 9.18 Å². The Morgan fingerprint density at radius 3 is 2.68 bits per heavy atom. The van der Waals surface area contributed by atoms with Gasteiger partial charge in [-0.15, -0.1) is 0 Å². The van der Waals surface area contributed by atoms with Crippen molar-refractivity contribution >= 4 is 11.6 Å². The van der Waals surface area contributed by atoms with Crippen molar-refractivity contribution in [2.24, 2.45) is 5.84 Å². The van der Waals surface area contributed by atoms with E-state index < -0.39 is 0 Å². The summed E-state index contributed by atoms with van der Waals surface area (Å²) < 4.78 is 12.7. The van der Waals surface area contributed by atoms with Crippen LogP contribution in [0.4, 0.5) is 10.1 Å². The molecule has 4 N–H and O–H groups in total. The van der Waals surface area contributed by atoms with Crippen molar-refractivity contribution in [3.8, 4) is 0 Å². The van der Waals surface area contributed by atoms with Crippen LogP contribution in [0.3, 0.4) is 0 Å². The van der Waals surface area contributed by atoms with Gasteiger partial charge in [0.1, 0.15) is 5.82 Å². The number of hydrazine groups is 1. The Balaban J connectivity index is 2.03. The van der Waals surface area contributed by atoms with Crippen molar-refractivity contribution in [2.75, 3.05) is 5.43 Å². The number of nitrogens with zero attached hydrogens (tertiary/aromatic N) is 1. The molecule has 6 heteroatoms. The molecule has 1 aromatic heterocycles. The SMILES string of the molecule is NNc1ccncc1C(=O)NCc1ccc(F)cc1. The number of aromatic nitrogens is 1. The van der Waals surface area contributed by atoms with Gasteiger partial charge < -0.3 is 10.7 Å².